The average Bonchev–Trinajstić information content (AvgIpc) is 3.34. The third-order valence-corrected chi connectivity index (χ3v) is 8.03. The molecule has 2 aromatic carbocycles. The standard InChI is InChI=1S/C31H35N7O2/c1-36(23-8-5-9-23)18-7-13-27(39)37-19-6-10-24(20-37)38-31-28(30(32)33-21-34-31)29(35-38)22-14-16-26(17-15-22)40-25-11-3-2-4-12-25/h2-4,7,11-17,21,23-24H,5-6,8-10,18-20H2,1H3,(H2,32,33,34)/b13-7+. The van der Waals surface area contributed by atoms with Gasteiger partial charge in [0.1, 0.15) is 29.3 Å². The number of hydrogen-bond donors (Lipinski definition) is 1. The van der Waals surface area contributed by atoms with Gasteiger partial charge >= 0.3 is 0 Å². The fourth-order valence-corrected chi connectivity index (χ4v) is 5.51. The van der Waals surface area contributed by atoms with E-state index in [-0.39, 0.29) is 11.9 Å². The molecular formula is C31H35N7O2. The Morgan fingerprint density at radius 1 is 1.05 bits per heavy atom. The number of piperidine rings is 1. The van der Waals surface area contributed by atoms with Gasteiger partial charge in [0.05, 0.1) is 11.4 Å². The minimum absolute atomic E-state index is 0.00464. The summed E-state index contributed by atoms with van der Waals surface area (Å²) in [7, 11) is 2.13. The number of fused-ring (bicyclic) bond motifs is 1. The Labute approximate surface area is 234 Å². The van der Waals surface area contributed by atoms with E-state index in [2.05, 4.69) is 21.9 Å². The zero-order valence-corrected chi connectivity index (χ0v) is 22.8. The average molecular weight is 538 g/mol. The van der Waals surface area contributed by atoms with Crippen LogP contribution < -0.4 is 10.5 Å². The lowest BCUT2D eigenvalue weighted by atomic mass is 9.92. The summed E-state index contributed by atoms with van der Waals surface area (Å²) in [5.41, 5.74) is 8.66. The first kappa shape index (κ1) is 26.0. The molecule has 4 aromatic rings. The van der Waals surface area contributed by atoms with Crippen LogP contribution in [0.2, 0.25) is 0 Å². The van der Waals surface area contributed by atoms with Gasteiger partial charge in [-0.1, -0.05) is 30.7 Å². The Bertz CT molecular complexity index is 1500. The second-order valence-corrected chi connectivity index (χ2v) is 10.7. The summed E-state index contributed by atoms with van der Waals surface area (Å²) in [6.45, 7) is 2.11. The van der Waals surface area contributed by atoms with Gasteiger partial charge in [0.25, 0.3) is 0 Å². The number of amides is 1. The van der Waals surface area contributed by atoms with Crippen molar-refractivity contribution in [3.63, 3.8) is 0 Å². The van der Waals surface area contributed by atoms with Crippen LogP contribution in [0.15, 0.2) is 73.1 Å². The molecule has 0 radical (unpaired) electrons. The number of likely N-dealkylation sites (tertiary alicyclic amines) is 1. The Balaban J connectivity index is 1.21. The minimum Gasteiger partial charge on any atom is -0.457 e. The highest BCUT2D eigenvalue weighted by Crippen LogP contribution is 2.35. The topological polar surface area (TPSA) is 102 Å². The van der Waals surface area contributed by atoms with Gasteiger partial charge in [-0.15, -0.1) is 0 Å². The van der Waals surface area contributed by atoms with Crippen molar-refractivity contribution in [2.45, 2.75) is 44.2 Å². The number of nitrogens with two attached hydrogens (primary N) is 1. The van der Waals surface area contributed by atoms with Gasteiger partial charge in [-0.2, -0.15) is 5.10 Å². The predicted octanol–water partition coefficient (Wildman–Crippen LogP) is 5.07. The molecule has 0 spiro atoms. The van der Waals surface area contributed by atoms with Crippen molar-refractivity contribution in [1.82, 2.24) is 29.5 Å². The van der Waals surface area contributed by atoms with Crippen molar-refractivity contribution in [3.05, 3.63) is 73.1 Å². The molecule has 9 heteroatoms. The molecule has 2 aliphatic rings. The van der Waals surface area contributed by atoms with Gasteiger partial charge < -0.3 is 15.4 Å². The van der Waals surface area contributed by atoms with Crippen LogP contribution >= 0.6 is 0 Å². The van der Waals surface area contributed by atoms with Crippen LogP contribution in [0.1, 0.15) is 38.1 Å². The van der Waals surface area contributed by atoms with Crippen LogP contribution in [0, 0.1) is 0 Å². The molecule has 1 aliphatic carbocycles. The minimum atomic E-state index is -0.00464. The quantitative estimate of drug-likeness (QED) is 0.313. The summed E-state index contributed by atoms with van der Waals surface area (Å²) in [5, 5.41) is 5.73. The van der Waals surface area contributed by atoms with E-state index in [4.69, 9.17) is 15.6 Å². The van der Waals surface area contributed by atoms with Gasteiger partial charge in [0, 0.05) is 37.3 Å². The third kappa shape index (κ3) is 5.42. The van der Waals surface area contributed by atoms with E-state index >= 15 is 0 Å². The number of nitrogens with zero attached hydrogens (tertiary/aromatic N) is 6. The number of likely N-dealkylation sites (N-methyl/N-ethyl adjacent to an activating group) is 1. The van der Waals surface area contributed by atoms with Crippen LogP contribution in [0.5, 0.6) is 11.5 Å². The highest BCUT2D eigenvalue weighted by Gasteiger charge is 2.28. The fourth-order valence-electron chi connectivity index (χ4n) is 5.51. The lowest BCUT2D eigenvalue weighted by Crippen LogP contribution is -2.40. The van der Waals surface area contributed by atoms with Crippen LogP contribution in [0.25, 0.3) is 22.3 Å². The summed E-state index contributed by atoms with van der Waals surface area (Å²) in [5.74, 6) is 1.94. The van der Waals surface area contributed by atoms with Gasteiger partial charge in [0.2, 0.25) is 5.91 Å². The van der Waals surface area contributed by atoms with Crippen LogP contribution in [0.3, 0.4) is 0 Å². The molecule has 1 aliphatic heterocycles. The molecule has 9 nitrogen and oxygen atoms in total. The number of ether oxygens (including phenoxy) is 1. The molecule has 40 heavy (non-hydrogen) atoms. The third-order valence-electron chi connectivity index (χ3n) is 8.03. The van der Waals surface area contributed by atoms with Crippen LogP contribution in [-0.4, -0.2) is 68.2 Å². The molecule has 3 heterocycles. The molecule has 1 saturated carbocycles. The Kier molecular flexibility index (Phi) is 7.46. The number of aromatic nitrogens is 4. The Hall–Kier alpha value is -4.24. The number of rotatable bonds is 8. The number of carbonyl (C=O) groups excluding carboxylic acids is 1. The van der Waals surface area contributed by atoms with Crippen LogP contribution in [-0.2, 0) is 4.79 Å². The second kappa shape index (κ2) is 11.5. The van der Waals surface area contributed by atoms with Gasteiger partial charge in [-0.25, -0.2) is 14.6 Å². The normalized spacial score (nSPS) is 17.9. The molecule has 1 amide bonds. The molecule has 2 aromatic heterocycles. The maximum atomic E-state index is 13.1. The van der Waals surface area contributed by atoms with E-state index in [0.29, 0.717) is 24.1 Å². The van der Waals surface area contributed by atoms with Crippen molar-refractivity contribution in [3.8, 4) is 22.8 Å². The van der Waals surface area contributed by atoms with Gasteiger partial charge in [-0.05, 0) is 69.1 Å². The van der Waals surface area contributed by atoms with Crippen molar-refractivity contribution in [2.24, 2.45) is 0 Å². The first-order valence-corrected chi connectivity index (χ1v) is 14.0. The molecule has 2 fully saturated rings. The first-order valence-electron chi connectivity index (χ1n) is 14.0. The number of hydrogen-bond acceptors (Lipinski definition) is 7. The lowest BCUT2D eigenvalue weighted by Gasteiger charge is -2.34. The van der Waals surface area contributed by atoms with Gasteiger partial charge in [0.15, 0.2) is 5.65 Å². The van der Waals surface area contributed by atoms with Crippen molar-refractivity contribution in [1.29, 1.82) is 0 Å². The Morgan fingerprint density at radius 2 is 1.82 bits per heavy atom. The number of anilines is 1. The smallest absolute Gasteiger partial charge is 0.246 e. The van der Waals surface area contributed by atoms with E-state index in [1.807, 2.05) is 70.3 Å². The zero-order valence-electron chi connectivity index (χ0n) is 22.8. The molecule has 206 valence electrons. The number of benzene rings is 2. The molecular weight excluding hydrogens is 502 g/mol. The van der Waals surface area contributed by atoms with E-state index in [1.54, 1.807) is 6.08 Å². The molecule has 6 rings (SSSR count). The van der Waals surface area contributed by atoms with E-state index in [9.17, 15) is 4.79 Å². The maximum Gasteiger partial charge on any atom is 0.246 e. The monoisotopic (exact) mass is 537 g/mol. The first-order chi connectivity index (χ1) is 19.6. The Morgan fingerprint density at radius 3 is 2.58 bits per heavy atom. The highest BCUT2D eigenvalue weighted by molar-refractivity contribution is 5.98. The predicted molar refractivity (Wildman–Crippen MR) is 156 cm³/mol. The SMILES string of the molecule is CN(C/C=C/C(=O)N1CCCC(n2nc(-c3ccc(Oc4ccccc4)cc3)c3c(N)ncnc32)C1)C1CCC1. The lowest BCUT2D eigenvalue weighted by molar-refractivity contribution is -0.127. The van der Waals surface area contributed by atoms with E-state index in [1.165, 1.54) is 25.6 Å². The number of para-hydroxylation sites is 1. The van der Waals surface area contributed by atoms with Crippen molar-refractivity contribution >= 4 is 22.8 Å². The van der Waals surface area contributed by atoms with E-state index < -0.39 is 0 Å². The summed E-state index contributed by atoms with van der Waals surface area (Å²) >= 11 is 0. The number of carbonyl (C=O) groups is 1. The van der Waals surface area contributed by atoms with Crippen molar-refractivity contribution in [2.75, 3.05) is 32.4 Å². The summed E-state index contributed by atoms with van der Waals surface area (Å²) in [6, 6.07) is 18.1. The van der Waals surface area contributed by atoms with E-state index in [0.717, 1.165) is 54.1 Å². The van der Waals surface area contributed by atoms with Crippen molar-refractivity contribution < 1.29 is 9.53 Å². The molecule has 1 atom stereocenters. The molecule has 0 bridgehead atoms. The largest absolute Gasteiger partial charge is 0.457 e. The molecule has 2 N–H and O–H groups in total. The molecule has 1 saturated heterocycles. The highest BCUT2D eigenvalue weighted by atomic mass is 16.5. The second-order valence-electron chi connectivity index (χ2n) is 10.7. The zero-order chi connectivity index (χ0) is 27.5. The maximum absolute atomic E-state index is 13.1. The van der Waals surface area contributed by atoms with Gasteiger partial charge in [-0.3, -0.25) is 9.69 Å². The summed E-state index contributed by atoms with van der Waals surface area (Å²) < 4.78 is 7.89. The van der Waals surface area contributed by atoms with Crippen LogP contribution in [0.4, 0.5) is 5.82 Å². The number of nitrogen functional groups attached to an aromatic ring is 1. The molecule has 1 unspecified atom stereocenters. The fraction of sp³-hybridized carbons (Fsp3) is 0.355. The summed E-state index contributed by atoms with van der Waals surface area (Å²) in [4.78, 5) is 26.1. The summed E-state index contributed by atoms with van der Waals surface area (Å²) in [6.07, 6.45) is 10.8.